The fraction of sp³-hybridized carbons (Fsp3) is 0.452. The maximum absolute atomic E-state index is 13.7. The molecule has 12 nitrogen and oxygen atoms in total. The molecule has 0 radical (unpaired) electrons. The molecular formula is C31H42N4O8. The van der Waals surface area contributed by atoms with Crippen LogP contribution in [-0.2, 0) is 23.9 Å². The topological polar surface area (TPSA) is 202 Å². The summed E-state index contributed by atoms with van der Waals surface area (Å²) in [5, 5.41) is 18.7. The van der Waals surface area contributed by atoms with Crippen LogP contribution in [0.1, 0.15) is 63.0 Å². The highest BCUT2D eigenvalue weighted by Crippen LogP contribution is 2.44. The predicted molar refractivity (Wildman–Crippen MR) is 160 cm³/mol. The van der Waals surface area contributed by atoms with Crippen molar-refractivity contribution in [3.8, 4) is 11.1 Å². The average Bonchev–Trinajstić information content (AvgIpc) is 3.29. The fourth-order valence-corrected chi connectivity index (χ4v) is 5.21. The van der Waals surface area contributed by atoms with Crippen LogP contribution >= 0.6 is 0 Å². The van der Waals surface area contributed by atoms with Crippen LogP contribution in [0.5, 0.6) is 0 Å². The number of unbranched alkanes of at least 4 members (excludes halogenated alkanes) is 1. The lowest BCUT2D eigenvalue weighted by Crippen LogP contribution is -2.57. The number of fused-ring (bicyclic) bond motifs is 3. The second-order valence-electron chi connectivity index (χ2n) is 10.5. The number of nitrogens with one attached hydrogen (secondary N) is 1. The molecule has 0 heterocycles. The summed E-state index contributed by atoms with van der Waals surface area (Å²) >= 11 is 0. The molecule has 234 valence electrons. The van der Waals surface area contributed by atoms with E-state index in [1.54, 1.807) is 13.8 Å². The number of benzene rings is 2. The van der Waals surface area contributed by atoms with Crippen LogP contribution in [0.15, 0.2) is 48.5 Å². The van der Waals surface area contributed by atoms with Crippen molar-refractivity contribution < 1.29 is 38.9 Å². The Labute approximate surface area is 251 Å². The highest BCUT2D eigenvalue weighted by molar-refractivity contribution is 5.91. The van der Waals surface area contributed by atoms with E-state index in [1.807, 2.05) is 48.5 Å². The first-order valence-corrected chi connectivity index (χ1v) is 14.3. The van der Waals surface area contributed by atoms with E-state index in [4.69, 9.17) is 31.2 Å². The van der Waals surface area contributed by atoms with Gasteiger partial charge in [0.1, 0.15) is 18.7 Å². The molecule has 0 bridgehead atoms. The van der Waals surface area contributed by atoms with Crippen molar-refractivity contribution in [3.05, 3.63) is 59.7 Å². The average molecular weight is 599 g/mol. The van der Waals surface area contributed by atoms with Gasteiger partial charge >= 0.3 is 12.1 Å². The molecule has 3 rings (SSSR count). The second-order valence-corrected chi connectivity index (χ2v) is 10.5. The van der Waals surface area contributed by atoms with Gasteiger partial charge in [-0.15, -0.1) is 0 Å². The van der Waals surface area contributed by atoms with E-state index < -0.39 is 36.0 Å². The van der Waals surface area contributed by atoms with Gasteiger partial charge in [0.25, 0.3) is 6.47 Å². The highest BCUT2D eigenvalue weighted by atomic mass is 16.5. The van der Waals surface area contributed by atoms with Crippen LogP contribution in [0.25, 0.3) is 11.1 Å². The third kappa shape index (κ3) is 9.81. The van der Waals surface area contributed by atoms with Crippen molar-refractivity contribution in [2.24, 2.45) is 17.4 Å². The minimum absolute atomic E-state index is 0.0109. The summed E-state index contributed by atoms with van der Waals surface area (Å²) in [4.78, 5) is 59.9. The molecule has 0 aliphatic heterocycles. The lowest BCUT2D eigenvalue weighted by Gasteiger charge is -2.34. The number of aliphatic carboxylic acids is 1. The van der Waals surface area contributed by atoms with Gasteiger partial charge in [-0.1, -0.05) is 62.4 Å². The first-order valence-electron chi connectivity index (χ1n) is 14.3. The van der Waals surface area contributed by atoms with E-state index in [0.717, 1.165) is 22.3 Å². The summed E-state index contributed by atoms with van der Waals surface area (Å²) in [7, 11) is 0. The zero-order valence-corrected chi connectivity index (χ0v) is 24.6. The van der Waals surface area contributed by atoms with Crippen LogP contribution in [0.2, 0.25) is 0 Å². The Hall–Kier alpha value is -4.45. The van der Waals surface area contributed by atoms with E-state index in [9.17, 15) is 19.2 Å². The predicted octanol–water partition coefficient (Wildman–Crippen LogP) is 2.93. The molecule has 0 unspecified atom stereocenters. The maximum atomic E-state index is 13.7. The fourth-order valence-electron chi connectivity index (χ4n) is 5.21. The van der Waals surface area contributed by atoms with Crippen molar-refractivity contribution >= 4 is 30.3 Å². The summed E-state index contributed by atoms with van der Waals surface area (Å²) in [5.74, 6) is -2.69. The number of amides is 3. The number of carbonyl (C=O) groups excluding carboxylic acids is 3. The minimum atomic E-state index is -1.01. The highest BCUT2D eigenvalue weighted by Gasteiger charge is 2.35. The Balaban J connectivity index is 0.00000206. The SMILES string of the molecule is CC(C)[C@H](NC(=O)OCC1c2ccccc2-c2ccccc21)C(=O)N(CCCC(=O)O)[C@@H](CCCCN)C(N)=O.O=CO. The molecule has 43 heavy (non-hydrogen) atoms. The number of nitrogens with two attached hydrogens (primary N) is 2. The number of carboxylic acids is 1. The van der Waals surface area contributed by atoms with E-state index in [0.29, 0.717) is 25.8 Å². The van der Waals surface area contributed by atoms with Crippen LogP contribution in [0.4, 0.5) is 4.79 Å². The quantitative estimate of drug-likeness (QED) is 0.151. The molecule has 3 amide bonds. The molecule has 0 saturated heterocycles. The van der Waals surface area contributed by atoms with Gasteiger partial charge in [0, 0.05) is 18.9 Å². The lowest BCUT2D eigenvalue weighted by atomic mass is 9.98. The van der Waals surface area contributed by atoms with Crippen LogP contribution in [-0.4, -0.2) is 77.2 Å². The van der Waals surface area contributed by atoms with Gasteiger partial charge in [0.2, 0.25) is 11.8 Å². The molecular weight excluding hydrogens is 556 g/mol. The zero-order chi connectivity index (χ0) is 31.9. The monoisotopic (exact) mass is 598 g/mol. The molecule has 0 fully saturated rings. The molecule has 1 aliphatic rings. The van der Waals surface area contributed by atoms with E-state index in [-0.39, 0.29) is 44.3 Å². The number of primary amides is 1. The van der Waals surface area contributed by atoms with Crippen molar-refractivity contribution in [2.45, 2.75) is 64.0 Å². The number of ether oxygens (including phenoxy) is 1. The van der Waals surface area contributed by atoms with Gasteiger partial charge in [-0.25, -0.2) is 4.79 Å². The maximum Gasteiger partial charge on any atom is 0.407 e. The van der Waals surface area contributed by atoms with E-state index in [1.165, 1.54) is 4.90 Å². The normalized spacial score (nSPS) is 13.0. The first-order chi connectivity index (χ1) is 20.6. The van der Waals surface area contributed by atoms with Gasteiger partial charge in [-0.2, -0.15) is 0 Å². The van der Waals surface area contributed by atoms with Gasteiger partial charge in [-0.05, 0) is 60.4 Å². The summed E-state index contributed by atoms with van der Waals surface area (Å²) in [6, 6.07) is 14.0. The Morgan fingerprint density at radius 3 is 2.05 bits per heavy atom. The number of nitrogens with zero attached hydrogens (tertiary/aromatic N) is 1. The number of carbonyl (C=O) groups is 5. The summed E-state index contributed by atoms with van der Waals surface area (Å²) in [5.41, 5.74) is 15.6. The van der Waals surface area contributed by atoms with Gasteiger partial charge in [0.15, 0.2) is 0 Å². The van der Waals surface area contributed by atoms with Gasteiger partial charge < -0.3 is 36.6 Å². The van der Waals surface area contributed by atoms with Crippen molar-refractivity contribution in [2.75, 3.05) is 19.7 Å². The third-order valence-corrected chi connectivity index (χ3v) is 7.26. The molecule has 0 aromatic heterocycles. The number of hydrogen-bond donors (Lipinski definition) is 5. The molecule has 7 N–H and O–H groups in total. The zero-order valence-electron chi connectivity index (χ0n) is 24.6. The Morgan fingerprint density at radius 1 is 1.00 bits per heavy atom. The van der Waals surface area contributed by atoms with Crippen molar-refractivity contribution in [3.63, 3.8) is 0 Å². The first kappa shape index (κ1) is 34.7. The molecule has 0 saturated carbocycles. The summed E-state index contributed by atoms with van der Waals surface area (Å²) in [6.07, 6.45) is 0.715. The Morgan fingerprint density at radius 2 is 1.56 bits per heavy atom. The molecule has 1 aliphatic carbocycles. The largest absolute Gasteiger partial charge is 0.483 e. The second kappa shape index (κ2) is 17.5. The van der Waals surface area contributed by atoms with Crippen molar-refractivity contribution in [1.82, 2.24) is 10.2 Å². The molecule has 2 aromatic rings. The lowest BCUT2D eigenvalue weighted by molar-refractivity contribution is -0.143. The smallest absolute Gasteiger partial charge is 0.407 e. The van der Waals surface area contributed by atoms with Gasteiger partial charge in [0.05, 0.1) is 0 Å². The Bertz CT molecular complexity index is 1210. The van der Waals surface area contributed by atoms with E-state index >= 15 is 0 Å². The molecule has 2 aromatic carbocycles. The summed E-state index contributed by atoms with van der Waals surface area (Å²) < 4.78 is 5.65. The number of alkyl carbamates (subject to hydrolysis) is 1. The minimum Gasteiger partial charge on any atom is -0.483 e. The van der Waals surface area contributed by atoms with Crippen LogP contribution in [0.3, 0.4) is 0 Å². The van der Waals surface area contributed by atoms with Crippen LogP contribution in [0, 0.1) is 5.92 Å². The number of hydrogen-bond acceptors (Lipinski definition) is 7. The van der Waals surface area contributed by atoms with Gasteiger partial charge in [-0.3, -0.25) is 19.2 Å². The molecule has 2 atom stereocenters. The third-order valence-electron chi connectivity index (χ3n) is 7.26. The number of rotatable bonds is 15. The standard InChI is InChI=1S/C30H40N4O6.CH2O2/c1-19(2)27(29(38)34(17-9-15-26(35)36)25(28(32)37)14-7-8-16-31)33-30(39)40-18-24-22-12-5-3-10-20(22)21-11-4-6-13-23(21)24;2-1-3/h3-6,10-13,19,24-25,27H,7-9,14-18,31H2,1-2H3,(H2,32,37)(H,33,39)(H,35,36);1H,(H,2,3)/t25-,27-;/m0./s1. The molecule has 12 heteroatoms. The molecule has 0 spiro atoms. The van der Waals surface area contributed by atoms with Crippen LogP contribution < -0.4 is 16.8 Å². The summed E-state index contributed by atoms with van der Waals surface area (Å²) in [6.45, 7) is 3.82. The Kier molecular flexibility index (Phi) is 14.1. The number of carboxylic acid groups (broad SMARTS) is 2. The van der Waals surface area contributed by atoms with E-state index in [2.05, 4.69) is 5.32 Å². The van der Waals surface area contributed by atoms with Crippen molar-refractivity contribution in [1.29, 1.82) is 0 Å².